The highest BCUT2D eigenvalue weighted by Gasteiger charge is 2.11. The first-order chi connectivity index (χ1) is 10.1. The summed E-state index contributed by atoms with van der Waals surface area (Å²) in [6.45, 7) is 2.00. The number of hydrogen-bond acceptors (Lipinski definition) is 4. The molecule has 0 radical (unpaired) electrons. The Morgan fingerprint density at radius 3 is 2.38 bits per heavy atom. The van der Waals surface area contributed by atoms with Crippen LogP contribution in [0.15, 0.2) is 42.5 Å². The highest BCUT2D eigenvalue weighted by atomic mass is 16.4. The number of rotatable bonds is 3. The van der Waals surface area contributed by atoms with E-state index in [0.717, 1.165) is 16.7 Å². The second-order valence-electron chi connectivity index (χ2n) is 4.72. The lowest BCUT2D eigenvalue weighted by molar-refractivity contribution is 0.0697. The van der Waals surface area contributed by atoms with Gasteiger partial charge in [0.1, 0.15) is 0 Å². The van der Waals surface area contributed by atoms with E-state index in [1.165, 1.54) is 0 Å². The second-order valence-corrected chi connectivity index (χ2v) is 4.72. The molecule has 0 saturated heterocycles. The molecular formula is C15H12N4O2. The van der Waals surface area contributed by atoms with E-state index in [4.69, 9.17) is 0 Å². The Kier molecular flexibility index (Phi) is 3.19. The van der Waals surface area contributed by atoms with E-state index < -0.39 is 5.97 Å². The van der Waals surface area contributed by atoms with Gasteiger partial charge in [-0.1, -0.05) is 29.8 Å². The number of aromatic carboxylic acids is 1. The molecule has 3 rings (SSSR count). The number of carboxylic acid groups (broad SMARTS) is 1. The van der Waals surface area contributed by atoms with Crippen molar-refractivity contribution >= 4 is 5.97 Å². The number of aromatic nitrogens is 4. The first kappa shape index (κ1) is 13.0. The van der Waals surface area contributed by atoms with Crippen molar-refractivity contribution in [2.24, 2.45) is 0 Å². The summed E-state index contributed by atoms with van der Waals surface area (Å²) in [7, 11) is 0. The second kappa shape index (κ2) is 5.16. The van der Waals surface area contributed by atoms with E-state index in [0.29, 0.717) is 11.4 Å². The average Bonchev–Trinajstić information content (AvgIpc) is 3.02. The van der Waals surface area contributed by atoms with Crippen LogP contribution in [0.5, 0.6) is 0 Å². The van der Waals surface area contributed by atoms with Crippen LogP contribution >= 0.6 is 0 Å². The van der Waals surface area contributed by atoms with Crippen LogP contribution in [0.3, 0.4) is 0 Å². The fourth-order valence-electron chi connectivity index (χ4n) is 2.08. The van der Waals surface area contributed by atoms with Crippen molar-refractivity contribution in [2.75, 3.05) is 0 Å². The van der Waals surface area contributed by atoms with Gasteiger partial charge in [-0.25, -0.2) is 9.89 Å². The van der Waals surface area contributed by atoms with Gasteiger partial charge in [-0.05, 0) is 46.7 Å². The Bertz CT molecular complexity index is 780. The summed E-state index contributed by atoms with van der Waals surface area (Å²) in [4.78, 5) is 11.3. The highest BCUT2D eigenvalue weighted by Crippen LogP contribution is 2.26. The fraction of sp³-hybridized carbons (Fsp3) is 0.0667. The summed E-state index contributed by atoms with van der Waals surface area (Å²) < 4.78 is 0. The van der Waals surface area contributed by atoms with Crippen LogP contribution in [0.2, 0.25) is 0 Å². The molecule has 2 aromatic carbocycles. The van der Waals surface area contributed by atoms with Crippen molar-refractivity contribution in [3.05, 3.63) is 53.6 Å². The van der Waals surface area contributed by atoms with Gasteiger partial charge < -0.3 is 5.11 Å². The zero-order chi connectivity index (χ0) is 14.8. The molecule has 0 aliphatic carbocycles. The molecule has 0 fully saturated rings. The smallest absolute Gasteiger partial charge is 0.335 e. The van der Waals surface area contributed by atoms with Crippen molar-refractivity contribution in [1.29, 1.82) is 0 Å². The van der Waals surface area contributed by atoms with Crippen molar-refractivity contribution in [2.45, 2.75) is 6.92 Å². The van der Waals surface area contributed by atoms with Gasteiger partial charge in [0.15, 0.2) is 5.82 Å². The summed E-state index contributed by atoms with van der Waals surface area (Å²) >= 11 is 0. The molecular weight excluding hydrogens is 268 g/mol. The molecule has 0 unspecified atom stereocenters. The number of hydrogen-bond donors (Lipinski definition) is 2. The zero-order valence-corrected chi connectivity index (χ0v) is 11.2. The molecule has 1 heterocycles. The predicted molar refractivity (Wildman–Crippen MR) is 76.7 cm³/mol. The molecule has 3 aromatic rings. The largest absolute Gasteiger partial charge is 0.478 e. The predicted octanol–water partition coefficient (Wildman–Crippen LogP) is 2.54. The fourth-order valence-corrected chi connectivity index (χ4v) is 2.08. The maximum Gasteiger partial charge on any atom is 0.335 e. The van der Waals surface area contributed by atoms with E-state index in [1.54, 1.807) is 12.1 Å². The maximum atomic E-state index is 11.3. The molecule has 0 saturated carbocycles. The van der Waals surface area contributed by atoms with Gasteiger partial charge in [0.2, 0.25) is 0 Å². The lowest BCUT2D eigenvalue weighted by Gasteiger charge is -2.07. The number of carboxylic acids is 1. The van der Waals surface area contributed by atoms with Crippen molar-refractivity contribution in [3.8, 4) is 22.5 Å². The van der Waals surface area contributed by atoms with E-state index in [2.05, 4.69) is 20.6 Å². The molecule has 6 heteroatoms. The highest BCUT2D eigenvalue weighted by molar-refractivity contribution is 5.91. The molecule has 21 heavy (non-hydrogen) atoms. The Hall–Kier alpha value is -3.02. The van der Waals surface area contributed by atoms with E-state index in [9.17, 15) is 9.90 Å². The van der Waals surface area contributed by atoms with Gasteiger partial charge in [0.05, 0.1) is 5.56 Å². The monoisotopic (exact) mass is 280 g/mol. The van der Waals surface area contributed by atoms with Gasteiger partial charge in [0.25, 0.3) is 0 Å². The Labute approximate surface area is 120 Å². The Morgan fingerprint density at radius 2 is 1.76 bits per heavy atom. The third kappa shape index (κ3) is 2.64. The van der Waals surface area contributed by atoms with Gasteiger partial charge in [0, 0.05) is 5.56 Å². The summed E-state index contributed by atoms with van der Waals surface area (Å²) in [5.41, 5.74) is 3.72. The third-order valence-corrected chi connectivity index (χ3v) is 3.18. The number of aromatic amines is 1. The van der Waals surface area contributed by atoms with E-state index in [-0.39, 0.29) is 5.56 Å². The molecule has 0 atom stereocenters. The standard InChI is InChI=1S/C15H12N4O2/c1-9-2-4-10(5-3-9)11-6-12(14-16-18-19-17-14)8-13(7-11)15(20)21/h2-8H,1H3,(H,20,21)(H,16,17,18,19). The molecule has 1 aromatic heterocycles. The lowest BCUT2D eigenvalue weighted by atomic mass is 9.99. The van der Waals surface area contributed by atoms with E-state index in [1.807, 2.05) is 37.3 Å². The van der Waals surface area contributed by atoms with E-state index >= 15 is 0 Å². The van der Waals surface area contributed by atoms with Crippen LogP contribution in [-0.2, 0) is 0 Å². The number of nitrogens with one attached hydrogen (secondary N) is 1. The maximum absolute atomic E-state index is 11.3. The van der Waals surface area contributed by atoms with Crippen LogP contribution in [0.1, 0.15) is 15.9 Å². The molecule has 2 N–H and O–H groups in total. The molecule has 0 spiro atoms. The lowest BCUT2D eigenvalue weighted by Crippen LogP contribution is -1.98. The van der Waals surface area contributed by atoms with Gasteiger partial charge in [-0.15, -0.1) is 5.10 Å². The van der Waals surface area contributed by atoms with Crippen LogP contribution in [0, 0.1) is 6.92 Å². The number of H-pyrrole nitrogens is 1. The van der Waals surface area contributed by atoms with Crippen LogP contribution in [0.4, 0.5) is 0 Å². The zero-order valence-electron chi connectivity index (χ0n) is 11.2. The Balaban J connectivity index is 2.16. The molecule has 0 aliphatic rings. The Morgan fingerprint density at radius 1 is 1.05 bits per heavy atom. The number of aryl methyl sites for hydroxylation is 1. The van der Waals surface area contributed by atoms with Crippen molar-refractivity contribution in [3.63, 3.8) is 0 Å². The minimum atomic E-state index is -0.988. The van der Waals surface area contributed by atoms with Gasteiger partial charge >= 0.3 is 5.97 Å². The summed E-state index contributed by atoms with van der Waals surface area (Å²) in [5, 5.41) is 22.8. The van der Waals surface area contributed by atoms with Crippen molar-refractivity contribution in [1.82, 2.24) is 20.6 Å². The van der Waals surface area contributed by atoms with Crippen LogP contribution < -0.4 is 0 Å². The topological polar surface area (TPSA) is 91.8 Å². The van der Waals surface area contributed by atoms with Crippen LogP contribution in [-0.4, -0.2) is 31.7 Å². The van der Waals surface area contributed by atoms with Crippen LogP contribution in [0.25, 0.3) is 22.5 Å². The molecule has 0 amide bonds. The van der Waals surface area contributed by atoms with Gasteiger partial charge in [-0.3, -0.25) is 0 Å². The minimum Gasteiger partial charge on any atom is -0.478 e. The first-order valence-electron chi connectivity index (χ1n) is 6.33. The third-order valence-electron chi connectivity index (χ3n) is 3.18. The number of nitrogens with zero attached hydrogens (tertiary/aromatic N) is 3. The number of benzene rings is 2. The number of carbonyl (C=O) groups is 1. The summed E-state index contributed by atoms with van der Waals surface area (Å²) in [6.07, 6.45) is 0. The molecule has 104 valence electrons. The minimum absolute atomic E-state index is 0.194. The summed E-state index contributed by atoms with van der Waals surface area (Å²) in [6, 6.07) is 12.9. The normalized spacial score (nSPS) is 10.5. The quantitative estimate of drug-likeness (QED) is 0.769. The summed E-state index contributed by atoms with van der Waals surface area (Å²) in [5.74, 6) is -0.552. The molecule has 0 aliphatic heterocycles. The first-order valence-corrected chi connectivity index (χ1v) is 6.33. The average molecular weight is 280 g/mol. The molecule has 6 nitrogen and oxygen atoms in total. The van der Waals surface area contributed by atoms with Gasteiger partial charge in [-0.2, -0.15) is 0 Å². The SMILES string of the molecule is Cc1ccc(-c2cc(C(=O)O)cc(-c3nnn[nH]3)c2)cc1. The molecule has 0 bridgehead atoms. The van der Waals surface area contributed by atoms with Crippen molar-refractivity contribution < 1.29 is 9.90 Å². The number of tetrazole rings is 1.